The topological polar surface area (TPSA) is 24.8 Å². The van der Waals surface area contributed by atoms with E-state index in [2.05, 4.69) is 42.3 Å². The third-order valence-corrected chi connectivity index (χ3v) is 6.37. The summed E-state index contributed by atoms with van der Waals surface area (Å²) in [6, 6.07) is 8.94. The normalized spacial score (nSPS) is 27.9. The van der Waals surface area contributed by atoms with Crippen molar-refractivity contribution in [1.82, 2.24) is 4.90 Å². The van der Waals surface area contributed by atoms with Crippen molar-refractivity contribution in [1.29, 1.82) is 0 Å². The van der Waals surface area contributed by atoms with Crippen molar-refractivity contribution in [2.45, 2.75) is 44.0 Å². The van der Waals surface area contributed by atoms with Gasteiger partial charge in [-0.1, -0.05) is 19.1 Å². The molecule has 2 aliphatic rings. The van der Waals surface area contributed by atoms with Crippen molar-refractivity contribution in [2.24, 2.45) is 11.8 Å². The molecular weight excluding hydrogens is 316 g/mol. The Kier molecular flexibility index (Phi) is 6.23. The van der Waals surface area contributed by atoms with Crippen LogP contribution in [-0.4, -0.2) is 43.2 Å². The second-order valence-corrected chi connectivity index (χ2v) is 8.46. The maximum atomic E-state index is 12.7. The van der Waals surface area contributed by atoms with E-state index in [1.165, 1.54) is 23.3 Å². The van der Waals surface area contributed by atoms with Crippen molar-refractivity contribution < 1.29 is 9.69 Å². The summed E-state index contributed by atoms with van der Waals surface area (Å²) in [4.78, 5) is 17.8. The lowest BCUT2D eigenvalue weighted by molar-refractivity contribution is -0.919. The predicted octanol–water partition coefficient (Wildman–Crippen LogP) is 2.46. The number of likely N-dealkylation sites (tertiary alicyclic amines) is 2. The van der Waals surface area contributed by atoms with Crippen LogP contribution >= 0.6 is 11.8 Å². The van der Waals surface area contributed by atoms with E-state index >= 15 is 0 Å². The highest BCUT2D eigenvalue weighted by atomic mass is 32.2. The lowest BCUT2D eigenvalue weighted by Gasteiger charge is -2.36. The molecule has 4 heteroatoms. The maximum absolute atomic E-state index is 12.7. The van der Waals surface area contributed by atoms with Crippen LogP contribution in [0.15, 0.2) is 29.2 Å². The van der Waals surface area contributed by atoms with Gasteiger partial charge in [0.2, 0.25) is 5.91 Å². The fourth-order valence-corrected chi connectivity index (χ4v) is 4.54. The Hall–Kier alpha value is -1.00. The number of carbonyl (C=O) groups is 1. The van der Waals surface area contributed by atoms with Crippen LogP contribution in [0.1, 0.15) is 38.2 Å². The lowest BCUT2D eigenvalue weighted by atomic mass is 9.92. The van der Waals surface area contributed by atoms with E-state index in [-0.39, 0.29) is 5.92 Å². The number of nitrogens with zero attached hydrogens (tertiary/aromatic N) is 1. The number of thioether (sulfide) groups is 1. The smallest absolute Gasteiger partial charge is 0.226 e. The average Bonchev–Trinajstić information content (AvgIpc) is 2.62. The molecule has 0 bridgehead atoms. The zero-order valence-corrected chi connectivity index (χ0v) is 15.9. The van der Waals surface area contributed by atoms with Crippen LogP contribution in [0.5, 0.6) is 0 Å². The summed E-state index contributed by atoms with van der Waals surface area (Å²) in [5.41, 5.74) is 1.41. The molecule has 0 spiro atoms. The fourth-order valence-electron chi connectivity index (χ4n) is 4.13. The van der Waals surface area contributed by atoms with Gasteiger partial charge in [0.25, 0.3) is 0 Å². The van der Waals surface area contributed by atoms with Gasteiger partial charge in [0.1, 0.15) is 6.54 Å². The van der Waals surface area contributed by atoms with Crippen molar-refractivity contribution in [3.63, 3.8) is 0 Å². The van der Waals surface area contributed by atoms with Gasteiger partial charge in [-0.3, -0.25) is 4.79 Å². The first-order chi connectivity index (χ1) is 11.7. The Morgan fingerprint density at radius 3 is 2.54 bits per heavy atom. The van der Waals surface area contributed by atoms with Crippen LogP contribution < -0.4 is 4.90 Å². The van der Waals surface area contributed by atoms with Gasteiger partial charge < -0.3 is 9.80 Å². The number of quaternary nitrogens is 1. The minimum Gasteiger partial charge on any atom is -0.342 e. The molecule has 132 valence electrons. The van der Waals surface area contributed by atoms with Crippen LogP contribution in [0.3, 0.4) is 0 Å². The molecule has 1 aromatic carbocycles. The monoisotopic (exact) mass is 347 g/mol. The molecule has 2 saturated heterocycles. The summed E-state index contributed by atoms with van der Waals surface area (Å²) in [5.74, 6) is 1.39. The van der Waals surface area contributed by atoms with Gasteiger partial charge in [0, 0.05) is 42.3 Å². The summed E-state index contributed by atoms with van der Waals surface area (Å²) in [6.07, 6.45) is 6.69. The van der Waals surface area contributed by atoms with Crippen LogP contribution in [0, 0.1) is 11.8 Å². The molecular formula is C20H31N2OS+. The van der Waals surface area contributed by atoms with E-state index in [0.29, 0.717) is 11.8 Å². The minimum atomic E-state index is 0.276. The van der Waals surface area contributed by atoms with Gasteiger partial charge in [0.15, 0.2) is 0 Å². The SMILES string of the molecule is CSc1ccc(C[NH+]2CCC(C(=O)N3CCC[C@@H](C)C3)CC2)cc1. The predicted molar refractivity (Wildman–Crippen MR) is 100 cm³/mol. The second-order valence-electron chi connectivity index (χ2n) is 7.58. The molecule has 2 heterocycles. The van der Waals surface area contributed by atoms with Crippen molar-refractivity contribution in [3.05, 3.63) is 29.8 Å². The first-order valence-electron chi connectivity index (χ1n) is 9.41. The number of hydrogen-bond donors (Lipinski definition) is 1. The molecule has 1 atom stereocenters. The molecule has 0 radical (unpaired) electrons. The van der Waals surface area contributed by atoms with Gasteiger partial charge in [-0.2, -0.15) is 0 Å². The van der Waals surface area contributed by atoms with E-state index in [1.54, 1.807) is 16.7 Å². The molecule has 0 aromatic heterocycles. The molecule has 3 nitrogen and oxygen atoms in total. The second kappa shape index (κ2) is 8.39. The number of nitrogens with one attached hydrogen (secondary N) is 1. The summed E-state index contributed by atoms with van der Waals surface area (Å²) in [5, 5.41) is 0. The zero-order valence-electron chi connectivity index (χ0n) is 15.1. The van der Waals surface area contributed by atoms with Gasteiger partial charge in [-0.05, 0) is 37.1 Å². The quantitative estimate of drug-likeness (QED) is 0.847. The molecule has 1 amide bonds. The van der Waals surface area contributed by atoms with Gasteiger partial charge in [0.05, 0.1) is 13.1 Å². The van der Waals surface area contributed by atoms with E-state index in [9.17, 15) is 4.79 Å². The number of rotatable bonds is 4. The average molecular weight is 348 g/mol. The van der Waals surface area contributed by atoms with Gasteiger partial charge >= 0.3 is 0 Å². The van der Waals surface area contributed by atoms with E-state index in [4.69, 9.17) is 0 Å². The van der Waals surface area contributed by atoms with Crippen molar-refractivity contribution in [3.8, 4) is 0 Å². The number of amides is 1. The van der Waals surface area contributed by atoms with Crippen molar-refractivity contribution in [2.75, 3.05) is 32.4 Å². The molecule has 0 unspecified atom stereocenters. The molecule has 1 N–H and O–H groups in total. The fraction of sp³-hybridized carbons (Fsp3) is 0.650. The third kappa shape index (κ3) is 4.54. The molecule has 24 heavy (non-hydrogen) atoms. The summed E-state index contributed by atoms with van der Waals surface area (Å²) < 4.78 is 0. The largest absolute Gasteiger partial charge is 0.342 e. The third-order valence-electron chi connectivity index (χ3n) is 5.62. The highest BCUT2D eigenvalue weighted by Gasteiger charge is 2.32. The highest BCUT2D eigenvalue weighted by molar-refractivity contribution is 7.98. The summed E-state index contributed by atoms with van der Waals surface area (Å²) in [7, 11) is 0. The lowest BCUT2D eigenvalue weighted by Crippen LogP contribution is -3.11. The van der Waals surface area contributed by atoms with E-state index in [1.807, 2.05) is 0 Å². The maximum Gasteiger partial charge on any atom is 0.226 e. The van der Waals surface area contributed by atoms with Gasteiger partial charge in [-0.15, -0.1) is 11.8 Å². The Morgan fingerprint density at radius 1 is 1.21 bits per heavy atom. The molecule has 0 aliphatic carbocycles. The highest BCUT2D eigenvalue weighted by Crippen LogP contribution is 2.21. The Bertz CT molecular complexity index is 537. The van der Waals surface area contributed by atoms with E-state index in [0.717, 1.165) is 45.6 Å². The molecule has 2 fully saturated rings. The molecule has 1 aromatic rings. The Labute approximate surface area is 150 Å². The van der Waals surface area contributed by atoms with Crippen LogP contribution in [0.4, 0.5) is 0 Å². The van der Waals surface area contributed by atoms with Crippen molar-refractivity contribution >= 4 is 17.7 Å². The minimum absolute atomic E-state index is 0.276. The molecule has 3 rings (SSSR count). The standard InChI is InChI=1S/C20H30N2OS/c1-16-4-3-11-22(14-16)20(23)18-9-12-21(13-10-18)15-17-5-7-19(24-2)8-6-17/h5-8,16,18H,3-4,9-15H2,1-2H3/p+1/t16-/m1/s1. The van der Waals surface area contributed by atoms with Gasteiger partial charge in [-0.25, -0.2) is 0 Å². The Balaban J connectivity index is 1.47. The number of hydrogen-bond acceptors (Lipinski definition) is 2. The Morgan fingerprint density at radius 2 is 1.92 bits per heavy atom. The van der Waals surface area contributed by atoms with Crippen LogP contribution in [0.25, 0.3) is 0 Å². The number of carbonyl (C=O) groups excluding carboxylic acids is 1. The van der Waals surface area contributed by atoms with E-state index < -0.39 is 0 Å². The molecule has 2 aliphatic heterocycles. The van der Waals surface area contributed by atoms with Crippen LogP contribution in [0.2, 0.25) is 0 Å². The first-order valence-corrected chi connectivity index (χ1v) is 10.6. The zero-order chi connectivity index (χ0) is 16.9. The van der Waals surface area contributed by atoms with Crippen LogP contribution in [-0.2, 0) is 11.3 Å². The first kappa shape index (κ1) is 17.8. The molecule has 0 saturated carbocycles. The summed E-state index contributed by atoms with van der Waals surface area (Å²) in [6.45, 7) is 7.59. The summed E-state index contributed by atoms with van der Waals surface area (Å²) >= 11 is 1.79. The number of piperidine rings is 2. The number of benzene rings is 1.